The number of allylic oxidation sites excluding steroid dienone is 3. The summed E-state index contributed by atoms with van der Waals surface area (Å²) in [6.07, 6.45) is 7.75. The van der Waals surface area contributed by atoms with Crippen molar-refractivity contribution in [2.24, 2.45) is 41.4 Å². The van der Waals surface area contributed by atoms with Gasteiger partial charge in [0.1, 0.15) is 0 Å². The number of carboxylic acids is 1. The summed E-state index contributed by atoms with van der Waals surface area (Å²) in [7, 11) is 0. The summed E-state index contributed by atoms with van der Waals surface area (Å²) in [5.41, 5.74) is 1.34. The van der Waals surface area contributed by atoms with Crippen LogP contribution in [-0.4, -0.2) is 28.6 Å². The molecule has 28 heavy (non-hydrogen) atoms. The Morgan fingerprint density at radius 3 is 2.86 bits per heavy atom. The minimum atomic E-state index is -0.881. The zero-order valence-corrected chi connectivity index (χ0v) is 15.7. The number of aliphatic carboxylic acids is 1. The Hall–Kier alpha value is -2.27. The molecule has 2 fully saturated rings. The van der Waals surface area contributed by atoms with Crippen LogP contribution in [0.2, 0.25) is 0 Å². The summed E-state index contributed by atoms with van der Waals surface area (Å²) >= 11 is 0. The fourth-order valence-electron chi connectivity index (χ4n) is 7.02. The smallest absolute Gasteiger partial charge is 0.303 e. The molecule has 2 N–H and O–H groups in total. The monoisotopic (exact) mass is 380 g/mol. The minimum absolute atomic E-state index is 0.191. The SMILES string of the molecule is C[C@@]1(O)C=C(c2ccc3c(c2)OCO3)[C@@H]2C=C[C@@H]3[C@@H](CC(=O)O)[C@H]4C[C@@H]1[C@H]2[C@H]34. The number of aliphatic hydroxyl groups is 1. The van der Waals surface area contributed by atoms with Gasteiger partial charge < -0.3 is 19.7 Å². The average Bonchev–Trinajstić information content (AvgIpc) is 3.26. The van der Waals surface area contributed by atoms with Crippen molar-refractivity contribution < 1.29 is 24.5 Å². The lowest BCUT2D eigenvalue weighted by atomic mass is 9.50. The third-order valence-electron chi connectivity index (χ3n) is 8.05. The van der Waals surface area contributed by atoms with Gasteiger partial charge in [0.05, 0.1) is 5.60 Å². The van der Waals surface area contributed by atoms with Crippen LogP contribution in [0.15, 0.2) is 36.4 Å². The van der Waals surface area contributed by atoms with Gasteiger partial charge in [0, 0.05) is 12.3 Å². The molecule has 6 rings (SSSR count). The van der Waals surface area contributed by atoms with Crippen molar-refractivity contribution in [1.82, 2.24) is 0 Å². The van der Waals surface area contributed by atoms with E-state index in [1.165, 1.54) is 0 Å². The van der Waals surface area contributed by atoms with Crippen LogP contribution < -0.4 is 9.47 Å². The Balaban J connectivity index is 1.42. The molecule has 5 nitrogen and oxygen atoms in total. The van der Waals surface area contributed by atoms with E-state index in [0.29, 0.717) is 23.7 Å². The number of benzene rings is 1. The normalized spacial score (nSPS) is 43.9. The van der Waals surface area contributed by atoms with Crippen molar-refractivity contribution in [3.63, 3.8) is 0 Å². The first kappa shape index (κ1) is 16.7. The molecule has 0 bridgehead atoms. The van der Waals surface area contributed by atoms with Gasteiger partial charge >= 0.3 is 5.97 Å². The number of hydrogen-bond acceptors (Lipinski definition) is 4. The van der Waals surface area contributed by atoms with Crippen LogP contribution in [0.25, 0.3) is 5.57 Å². The van der Waals surface area contributed by atoms with E-state index in [4.69, 9.17) is 9.47 Å². The third kappa shape index (κ3) is 2.08. The number of rotatable bonds is 3. The Morgan fingerprint density at radius 1 is 1.21 bits per heavy atom. The first-order valence-electron chi connectivity index (χ1n) is 10.2. The lowest BCUT2D eigenvalue weighted by molar-refractivity contribution is -0.142. The number of carbonyl (C=O) groups is 1. The Morgan fingerprint density at radius 2 is 2.04 bits per heavy atom. The maximum absolute atomic E-state index is 11.4. The molecule has 8 atom stereocenters. The highest BCUT2D eigenvalue weighted by molar-refractivity contribution is 5.74. The number of hydrogen-bond donors (Lipinski definition) is 2. The van der Waals surface area contributed by atoms with E-state index < -0.39 is 11.6 Å². The second-order valence-electron chi connectivity index (χ2n) is 9.30. The summed E-state index contributed by atoms with van der Waals surface area (Å²) in [5.74, 6) is 3.12. The molecule has 5 heteroatoms. The lowest BCUT2D eigenvalue weighted by Gasteiger charge is -2.54. The molecule has 1 aromatic rings. The van der Waals surface area contributed by atoms with Gasteiger partial charge in [-0.25, -0.2) is 0 Å². The molecule has 146 valence electrons. The maximum Gasteiger partial charge on any atom is 0.303 e. The highest BCUT2D eigenvalue weighted by Gasteiger charge is 2.65. The van der Waals surface area contributed by atoms with Crippen LogP contribution in [0.1, 0.15) is 25.3 Å². The first-order chi connectivity index (χ1) is 13.4. The van der Waals surface area contributed by atoms with Crippen molar-refractivity contribution in [2.75, 3.05) is 6.79 Å². The molecular formula is C23H24O5. The lowest BCUT2D eigenvalue weighted by Crippen LogP contribution is -2.51. The molecule has 0 amide bonds. The predicted octanol–water partition coefficient (Wildman–Crippen LogP) is 3.34. The molecule has 0 radical (unpaired) electrons. The van der Waals surface area contributed by atoms with Crippen molar-refractivity contribution in [2.45, 2.75) is 25.4 Å². The fraction of sp³-hybridized carbons (Fsp3) is 0.522. The molecule has 5 aliphatic rings. The van der Waals surface area contributed by atoms with Gasteiger partial charge in [-0.15, -0.1) is 0 Å². The maximum atomic E-state index is 11.4. The first-order valence-corrected chi connectivity index (χ1v) is 10.2. The molecule has 0 aromatic heterocycles. The van der Waals surface area contributed by atoms with E-state index >= 15 is 0 Å². The summed E-state index contributed by atoms with van der Waals surface area (Å²) in [6, 6.07) is 6.01. The van der Waals surface area contributed by atoms with Crippen LogP contribution in [0.5, 0.6) is 11.5 Å². The zero-order valence-electron chi connectivity index (χ0n) is 15.7. The number of fused-ring (bicyclic) bond motifs is 1. The number of ether oxygens (including phenoxy) is 2. The van der Waals surface area contributed by atoms with Crippen LogP contribution in [0, 0.1) is 41.4 Å². The van der Waals surface area contributed by atoms with E-state index in [0.717, 1.165) is 29.1 Å². The Bertz CT molecular complexity index is 929. The Kier molecular flexibility index (Phi) is 3.22. The van der Waals surface area contributed by atoms with Crippen LogP contribution >= 0.6 is 0 Å². The molecule has 1 aliphatic heterocycles. The molecule has 0 saturated heterocycles. The summed E-state index contributed by atoms with van der Waals surface area (Å²) < 4.78 is 11.0. The van der Waals surface area contributed by atoms with Gasteiger partial charge in [-0.2, -0.15) is 0 Å². The summed E-state index contributed by atoms with van der Waals surface area (Å²) in [6.45, 7) is 2.17. The third-order valence-corrected chi connectivity index (χ3v) is 8.05. The molecule has 1 aromatic carbocycles. The van der Waals surface area contributed by atoms with Crippen LogP contribution in [0.4, 0.5) is 0 Å². The van der Waals surface area contributed by atoms with Crippen LogP contribution in [-0.2, 0) is 4.79 Å². The molecule has 1 heterocycles. The van der Waals surface area contributed by atoms with Gasteiger partial charge in [0.2, 0.25) is 6.79 Å². The quantitative estimate of drug-likeness (QED) is 0.787. The van der Waals surface area contributed by atoms with Crippen molar-refractivity contribution in [3.8, 4) is 11.5 Å². The van der Waals surface area contributed by atoms with E-state index in [2.05, 4.69) is 18.2 Å². The van der Waals surface area contributed by atoms with E-state index in [1.807, 2.05) is 25.1 Å². The predicted molar refractivity (Wildman–Crippen MR) is 102 cm³/mol. The Labute approximate surface area is 163 Å². The standard InChI is InChI=1S/C23H24O5/c1-23(26)9-16(11-2-5-18-19(6-11)28-10-27-18)13-4-3-12-14(8-20(24)25)15-7-17(23)22(13)21(12)15/h2-6,9,12-15,17,21-22,26H,7-8,10H2,1H3,(H,24,25)/t12-,13+,14-,15-,17-,21-,22+,23-/m1/s1. The van der Waals surface area contributed by atoms with E-state index in [-0.39, 0.29) is 31.0 Å². The van der Waals surface area contributed by atoms with Crippen molar-refractivity contribution in [1.29, 1.82) is 0 Å². The second kappa shape index (κ2) is 5.41. The van der Waals surface area contributed by atoms with Gasteiger partial charge in [0.15, 0.2) is 11.5 Å². The van der Waals surface area contributed by atoms with Gasteiger partial charge in [-0.3, -0.25) is 4.79 Å². The average molecular weight is 380 g/mol. The zero-order chi connectivity index (χ0) is 19.2. The van der Waals surface area contributed by atoms with E-state index in [1.54, 1.807) is 0 Å². The second-order valence-corrected chi connectivity index (χ2v) is 9.30. The summed E-state index contributed by atoms with van der Waals surface area (Å²) in [5, 5.41) is 20.7. The molecule has 0 unspecified atom stereocenters. The topological polar surface area (TPSA) is 76.0 Å². The molecule has 4 aliphatic carbocycles. The van der Waals surface area contributed by atoms with Crippen molar-refractivity contribution >= 4 is 11.5 Å². The summed E-state index contributed by atoms with van der Waals surface area (Å²) in [4.78, 5) is 11.3. The fourth-order valence-corrected chi connectivity index (χ4v) is 7.02. The van der Waals surface area contributed by atoms with E-state index in [9.17, 15) is 15.0 Å². The van der Waals surface area contributed by atoms with Gasteiger partial charge in [-0.05, 0) is 78.2 Å². The molecular weight excluding hydrogens is 356 g/mol. The minimum Gasteiger partial charge on any atom is -0.481 e. The number of carboxylic acid groups (broad SMARTS) is 1. The molecule has 2 saturated carbocycles. The highest BCUT2D eigenvalue weighted by Crippen LogP contribution is 2.69. The largest absolute Gasteiger partial charge is 0.481 e. The van der Waals surface area contributed by atoms with Crippen molar-refractivity contribution in [3.05, 3.63) is 42.0 Å². The van der Waals surface area contributed by atoms with Gasteiger partial charge in [0.25, 0.3) is 0 Å². The molecule has 0 spiro atoms. The van der Waals surface area contributed by atoms with Crippen LogP contribution in [0.3, 0.4) is 0 Å². The highest BCUT2D eigenvalue weighted by atomic mass is 16.7. The van der Waals surface area contributed by atoms with Gasteiger partial charge in [-0.1, -0.05) is 18.2 Å².